The summed E-state index contributed by atoms with van der Waals surface area (Å²) in [6, 6.07) is 13.2. The zero-order valence-corrected chi connectivity index (χ0v) is 13.5. The third-order valence-electron chi connectivity index (χ3n) is 2.57. The van der Waals surface area contributed by atoms with Gasteiger partial charge in [-0.2, -0.15) is 0 Å². The summed E-state index contributed by atoms with van der Waals surface area (Å²) in [7, 11) is -2.80. The first kappa shape index (κ1) is 16.2. The molecule has 4 nitrogen and oxygen atoms in total. The van der Waals surface area contributed by atoms with Gasteiger partial charge in [0.25, 0.3) is 0 Å². The van der Waals surface area contributed by atoms with E-state index in [1.54, 1.807) is 19.2 Å². The van der Waals surface area contributed by atoms with Crippen molar-refractivity contribution < 1.29 is 47.3 Å². The van der Waals surface area contributed by atoms with E-state index in [9.17, 15) is 13.0 Å². The number of rotatable bonds is 3. The van der Waals surface area contributed by atoms with Gasteiger partial charge < -0.3 is 9.29 Å². The molecule has 0 saturated heterocycles. The summed E-state index contributed by atoms with van der Waals surface area (Å²) < 4.78 is 37.4. The van der Waals surface area contributed by atoms with Crippen molar-refractivity contribution in [1.29, 1.82) is 0 Å². The van der Waals surface area contributed by atoms with Crippen LogP contribution in [0.1, 0.15) is 0 Å². The minimum atomic E-state index is -4.38. The van der Waals surface area contributed by atoms with Gasteiger partial charge in [-0.25, -0.2) is 8.42 Å². The Hall–Kier alpha value is -0.850. The van der Waals surface area contributed by atoms with Gasteiger partial charge in [0, 0.05) is 0 Å². The van der Waals surface area contributed by atoms with Gasteiger partial charge in [-0.3, -0.25) is 0 Å². The van der Waals surface area contributed by atoms with Crippen LogP contribution in [0.25, 0.3) is 11.1 Å². The predicted molar refractivity (Wildman–Crippen MR) is 66.4 cm³/mol. The minimum Gasteiger partial charge on any atom is -0.744 e. The molecule has 0 spiro atoms. The fourth-order valence-electron chi connectivity index (χ4n) is 1.60. The van der Waals surface area contributed by atoms with Crippen LogP contribution in [0.15, 0.2) is 53.4 Å². The molecule has 0 bridgehead atoms. The first-order valence-corrected chi connectivity index (χ1v) is 6.62. The van der Waals surface area contributed by atoms with Gasteiger partial charge in [0.2, 0.25) is 0 Å². The van der Waals surface area contributed by atoms with Gasteiger partial charge >= 0.3 is 29.6 Å². The quantitative estimate of drug-likeness (QED) is 0.551. The molecule has 94 valence electrons. The molecule has 19 heavy (non-hydrogen) atoms. The Morgan fingerprint density at radius 3 is 1.68 bits per heavy atom. The maximum Gasteiger partial charge on any atom is 1.00 e. The first-order chi connectivity index (χ1) is 8.50. The summed E-state index contributed by atoms with van der Waals surface area (Å²) in [6.45, 7) is 0. The molecule has 0 heterocycles. The van der Waals surface area contributed by atoms with E-state index in [0.29, 0.717) is 0 Å². The second-order valence-corrected chi connectivity index (χ2v) is 5.09. The monoisotopic (exact) mass is 286 g/mol. The number of hydrogen-bond donors (Lipinski definition) is 0. The number of hydrogen-bond acceptors (Lipinski definition) is 4. The number of benzene rings is 2. The molecule has 0 unspecified atom stereocenters. The van der Waals surface area contributed by atoms with Gasteiger partial charge in [0.15, 0.2) is 0 Å². The van der Waals surface area contributed by atoms with Gasteiger partial charge in [-0.05, 0) is 35.4 Å². The van der Waals surface area contributed by atoms with E-state index in [1.807, 2.05) is 24.3 Å². The molecule has 6 heteroatoms. The molecule has 0 aromatic heterocycles. The maximum absolute atomic E-state index is 10.8. The van der Waals surface area contributed by atoms with Crippen molar-refractivity contribution in [2.75, 3.05) is 7.11 Å². The Labute approximate surface area is 134 Å². The second-order valence-electron chi connectivity index (χ2n) is 3.71. The van der Waals surface area contributed by atoms with Crippen molar-refractivity contribution in [2.24, 2.45) is 0 Å². The Morgan fingerprint density at radius 2 is 1.32 bits per heavy atom. The van der Waals surface area contributed by atoms with Crippen LogP contribution >= 0.6 is 0 Å². The summed E-state index contributed by atoms with van der Waals surface area (Å²) in [5.74, 6) is 0.748. The van der Waals surface area contributed by atoms with E-state index in [4.69, 9.17) is 4.74 Å². The molecule has 0 aliphatic carbocycles. The van der Waals surface area contributed by atoms with Crippen LogP contribution in [-0.2, 0) is 10.1 Å². The molecule has 0 saturated carbocycles. The summed E-state index contributed by atoms with van der Waals surface area (Å²) in [4.78, 5) is -0.222. The molecular formula is C13H11NaO4S. The SMILES string of the molecule is COc1ccc(-c2ccc(S(=O)(=O)[O-])cc2)cc1.[Na+]. The van der Waals surface area contributed by atoms with Crippen molar-refractivity contribution in [3.63, 3.8) is 0 Å². The molecule has 0 atom stereocenters. The van der Waals surface area contributed by atoms with Crippen LogP contribution in [0.4, 0.5) is 0 Å². The van der Waals surface area contributed by atoms with E-state index < -0.39 is 10.1 Å². The van der Waals surface area contributed by atoms with Crippen LogP contribution < -0.4 is 34.3 Å². The predicted octanol–water partition coefficient (Wildman–Crippen LogP) is -0.730. The summed E-state index contributed by atoms with van der Waals surface area (Å²) in [5.41, 5.74) is 1.76. The third-order valence-corrected chi connectivity index (χ3v) is 3.42. The van der Waals surface area contributed by atoms with Gasteiger partial charge in [-0.15, -0.1) is 0 Å². The fraction of sp³-hybridized carbons (Fsp3) is 0.0769. The normalized spacial score (nSPS) is 10.6. The van der Waals surface area contributed by atoms with Crippen LogP contribution in [-0.4, -0.2) is 20.1 Å². The maximum atomic E-state index is 10.8. The van der Waals surface area contributed by atoms with Crippen LogP contribution in [0.3, 0.4) is 0 Å². The smallest absolute Gasteiger partial charge is 0.744 e. The molecule has 2 aromatic rings. The Morgan fingerprint density at radius 1 is 0.895 bits per heavy atom. The molecule has 0 N–H and O–H groups in total. The first-order valence-electron chi connectivity index (χ1n) is 5.21. The van der Waals surface area contributed by atoms with Crippen molar-refractivity contribution in [3.05, 3.63) is 48.5 Å². The summed E-state index contributed by atoms with van der Waals surface area (Å²) >= 11 is 0. The molecule has 0 aliphatic heterocycles. The average Bonchev–Trinajstić information content (AvgIpc) is 2.38. The van der Waals surface area contributed by atoms with Crippen molar-refractivity contribution in [2.45, 2.75) is 4.90 Å². The molecule has 0 fully saturated rings. The van der Waals surface area contributed by atoms with E-state index in [-0.39, 0.29) is 34.5 Å². The van der Waals surface area contributed by atoms with Gasteiger partial charge in [0.1, 0.15) is 15.9 Å². The van der Waals surface area contributed by atoms with Gasteiger partial charge in [-0.1, -0.05) is 24.3 Å². The van der Waals surface area contributed by atoms with E-state index in [0.717, 1.165) is 16.9 Å². The van der Waals surface area contributed by atoms with Crippen molar-refractivity contribution in [1.82, 2.24) is 0 Å². The number of ether oxygens (including phenoxy) is 1. The molecule has 2 rings (SSSR count). The average molecular weight is 286 g/mol. The second kappa shape index (κ2) is 6.54. The Bertz CT molecular complexity index is 633. The topological polar surface area (TPSA) is 66.4 Å². The number of methoxy groups -OCH3 is 1. The minimum absolute atomic E-state index is 0. The van der Waals surface area contributed by atoms with E-state index in [2.05, 4.69) is 0 Å². The molecule has 0 aliphatic rings. The summed E-state index contributed by atoms with van der Waals surface area (Å²) in [6.07, 6.45) is 0. The zero-order chi connectivity index (χ0) is 13.2. The standard InChI is InChI=1S/C13H12O4S.Na/c1-17-12-6-2-10(3-7-12)11-4-8-13(9-5-11)18(14,15)16;/h2-9H,1H3,(H,14,15,16);/q;+1/p-1. The summed E-state index contributed by atoms with van der Waals surface area (Å²) in [5, 5.41) is 0. The van der Waals surface area contributed by atoms with E-state index >= 15 is 0 Å². The Balaban J connectivity index is 0.00000180. The molecule has 0 radical (unpaired) electrons. The largest absolute Gasteiger partial charge is 1.00 e. The zero-order valence-electron chi connectivity index (χ0n) is 10.7. The van der Waals surface area contributed by atoms with E-state index in [1.165, 1.54) is 12.1 Å². The van der Waals surface area contributed by atoms with Crippen molar-refractivity contribution >= 4 is 10.1 Å². The van der Waals surface area contributed by atoms with Gasteiger partial charge in [0.05, 0.1) is 12.0 Å². The van der Waals surface area contributed by atoms with Crippen LogP contribution in [0.2, 0.25) is 0 Å². The van der Waals surface area contributed by atoms with Crippen LogP contribution in [0, 0.1) is 0 Å². The third kappa shape index (κ3) is 4.06. The molecule has 0 amide bonds. The Kier molecular flexibility index (Phi) is 5.58. The molecular weight excluding hydrogens is 275 g/mol. The van der Waals surface area contributed by atoms with Crippen molar-refractivity contribution in [3.8, 4) is 16.9 Å². The fourth-order valence-corrected chi connectivity index (χ4v) is 2.07. The molecule has 2 aromatic carbocycles. The van der Waals surface area contributed by atoms with Crippen LogP contribution in [0.5, 0.6) is 5.75 Å².